The molecule has 30 heavy (non-hydrogen) atoms. The Morgan fingerprint density at radius 3 is 2.50 bits per heavy atom. The molecule has 0 amide bonds. The van der Waals surface area contributed by atoms with E-state index >= 15 is 0 Å². The summed E-state index contributed by atoms with van der Waals surface area (Å²) >= 11 is 7.14. The van der Waals surface area contributed by atoms with E-state index in [1.165, 1.54) is 36.5 Å². The van der Waals surface area contributed by atoms with Gasteiger partial charge >= 0.3 is 5.97 Å². The number of aromatic nitrogens is 2. The summed E-state index contributed by atoms with van der Waals surface area (Å²) in [6.45, 7) is 0. The Balaban J connectivity index is 2.14. The number of halogens is 1. The van der Waals surface area contributed by atoms with Crippen molar-refractivity contribution >= 4 is 55.6 Å². The van der Waals surface area contributed by atoms with Gasteiger partial charge < -0.3 is 5.11 Å². The quantitative estimate of drug-likeness (QED) is 0.438. The zero-order valence-electron chi connectivity index (χ0n) is 15.1. The standard InChI is InChI=1S/C20H13ClN2O5S2/c21-12-6-7-16-14(10-12)15(11-17(24)25)18(19(26)20-22-8-9-29-20)23(16)30(27,28)13-4-2-1-3-5-13/h1-10H,11H2,(H,24,25). The summed E-state index contributed by atoms with van der Waals surface area (Å²) < 4.78 is 28.0. The SMILES string of the molecule is O=C(O)Cc1c(C(=O)c2nccs2)n(S(=O)(=O)c2ccccc2)c2ccc(Cl)cc12. The maximum atomic E-state index is 13.5. The number of nitrogens with zero attached hydrogens (tertiary/aromatic N) is 2. The van der Waals surface area contributed by atoms with Crippen LogP contribution in [-0.2, 0) is 21.2 Å². The number of carboxylic acid groups (broad SMARTS) is 1. The Hall–Kier alpha value is -3.01. The number of thiazole rings is 1. The van der Waals surface area contributed by atoms with Crippen LogP contribution in [0.1, 0.15) is 21.1 Å². The second-order valence-electron chi connectivity index (χ2n) is 6.31. The summed E-state index contributed by atoms with van der Waals surface area (Å²) in [6.07, 6.45) is 0.866. The van der Waals surface area contributed by atoms with Crippen LogP contribution in [0.5, 0.6) is 0 Å². The average molecular weight is 461 g/mol. The van der Waals surface area contributed by atoms with Crippen molar-refractivity contribution in [3.63, 3.8) is 0 Å². The molecule has 0 unspecified atom stereocenters. The number of aliphatic carboxylic acids is 1. The Labute approximate surface area is 180 Å². The molecule has 0 spiro atoms. The van der Waals surface area contributed by atoms with Gasteiger partial charge in [-0.15, -0.1) is 11.3 Å². The van der Waals surface area contributed by atoms with Crippen molar-refractivity contribution in [3.05, 3.63) is 81.4 Å². The predicted octanol–water partition coefficient (Wildman–Crippen LogP) is 3.85. The highest BCUT2D eigenvalue weighted by atomic mass is 35.5. The molecule has 1 N–H and O–H groups in total. The molecule has 0 saturated carbocycles. The van der Waals surface area contributed by atoms with E-state index in [1.807, 2.05) is 0 Å². The number of carboxylic acids is 1. The largest absolute Gasteiger partial charge is 0.481 e. The summed E-state index contributed by atoms with van der Waals surface area (Å²) in [7, 11) is -4.22. The first-order valence-corrected chi connectivity index (χ1v) is 11.3. The Morgan fingerprint density at radius 1 is 1.13 bits per heavy atom. The zero-order chi connectivity index (χ0) is 21.5. The normalized spacial score (nSPS) is 11.6. The number of carbonyl (C=O) groups is 2. The van der Waals surface area contributed by atoms with Crippen LogP contribution in [-0.4, -0.2) is 34.2 Å². The van der Waals surface area contributed by atoms with Crippen LogP contribution >= 0.6 is 22.9 Å². The summed E-state index contributed by atoms with van der Waals surface area (Å²) in [4.78, 5) is 28.8. The molecular weight excluding hydrogens is 448 g/mol. The van der Waals surface area contributed by atoms with Gasteiger partial charge in [0.25, 0.3) is 10.0 Å². The minimum absolute atomic E-state index is 0.0353. The maximum Gasteiger partial charge on any atom is 0.307 e. The summed E-state index contributed by atoms with van der Waals surface area (Å²) in [5, 5.41) is 11.7. The highest BCUT2D eigenvalue weighted by Gasteiger charge is 2.32. The van der Waals surface area contributed by atoms with Gasteiger partial charge in [0.05, 0.1) is 16.8 Å². The van der Waals surface area contributed by atoms with Gasteiger partial charge in [-0.2, -0.15) is 0 Å². The smallest absolute Gasteiger partial charge is 0.307 e. The number of rotatable bonds is 6. The minimum atomic E-state index is -4.22. The third-order valence-corrected chi connectivity index (χ3v) is 7.18. The second kappa shape index (κ2) is 7.67. The molecular formula is C20H13ClN2O5S2. The molecule has 2 heterocycles. The molecule has 10 heteroatoms. The first-order chi connectivity index (χ1) is 14.3. The van der Waals surface area contributed by atoms with Gasteiger partial charge in [0.2, 0.25) is 5.78 Å². The third-order valence-electron chi connectivity index (χ3n) is 4.44. The van der Waals surface area contributed by atoms with Crippen LogP contribution in [0.15, 0.2) is 65.0 Å². The number of carbonyl (C=O) groups excluding carboxylic acids is 1. The van der Waals surface area contributed by atoms with Crippen molar-refractivity contribution in [2.24, 2.45) is 0 Å². The Bertz CT molecular complexity index is 1380. The lowest BCUT2D eigenvalue weighted by atomic mass is 10.1. The molecule has 4 rings (SSSR count). The number of fused-ring (bicyclic) bond motifs is 1. The van der Waals surface area contributed by atoms with E-state index in [0.717, 1.165) is 15.3 Å². The Kier molecular flexibility index (Phi) is 5.19. The third kappa shape index (κ3) is 3.41. The van der Waals surface area contributed by atoms with Crippen molar-refractivity contribution in [2.45, 2.75) is 11.3 Å². The maximum absolute atomic E-state index is 13.5. The molecule has 0 aliphatic rings. The van der Waals surface area contributed by atoms with Crippen molar-refractivity contribution in [2.75, 3.05) is 0 Å². The van der Waals surface area contributed by atoms with Crippen LogP contribution < -0.4 is 0 Å². The van der Waals surface area contributed by atoms with E-state index in [2.05, 4.69) is 4.98 Å². The lowest BCUT2D eigenvalue weighted by Crippen LogP contribution is -2.20. The molecule has 7 nitrogen and oxygen atoms in total. The lowest BCUT2D eigenvalue weighted by molar-refractivity contribution is -0.136. The molecule has 0 atom stereocenters. The molecule has 2 aromatic heterocycles. The van der Waals surface area contributed by atoms with Crippen molar-refractivity contribution in [1.82, 2.24) is 8.96 Å². The summed E-state index contributed by atoms with van der Waals surface area (Å²) in [5.41, 5.74) is -0.0208. The topological polar surface area (TPSA) is 106 Å². The van der Waals surface area contributed by atoms with Crippen LogP contribution in [0.2, 0.25) is 5.02 Å². The van der Waals surface area contributed by atoms with E-state index in [9.17, 15) is 23.1 Å². The second-order valence-corrected chi connectivity index (χ2v) is 9.43. The lowest BCUT2D eigenvalue weighted by Gasteiger charge is -2.11. The molecule has 0 radical (unpaired) electrons. The highest BCUT2D eigenvalue weighted by molar-refractivity contribution is 7.90. The number of hydrogen-bond acceptors (Lipinski definition) is 6. The van der Waals surface area contributed by atoms with E-state index in [-0.39, 0.29) is 37.1 Å². The van der Waals surface area contributed by atoms with Crippen molar-refractivity contribution in [1.29, 1.82) is 0 Å². The van der Waals surface area contributed by atoms with E-state index < -0.39 is 28.2 Å². The highest BCUT2D eigenvalue weighted by Crippen LogP contribution is 2.34. The van der Waals surface area contributed by atoms with Crippen LogP contribution in [0.25, 0.3) is 10.9 Å². The van der Waals surface area contributed by atoms with Crippen LogP contribution in [0, 0.1) is 0 Å². The minimum Gasteiger partial charge on any atom is -0.481 e. The van der Waals surface area contributed by atoms with Gasteiger partial charge in [-0.05, 0) is 30.3 Å². The van der Waals surface area contributed by atoms with Gasteiger partial charge in [-0.3, -0.25) is 9.59 Å². The van der Waals surface area contributed by atoms with Gasteiger partial charge in [0, 0.05) is 27.5 Å². The number of ketones is 1. The summed E-state index contributed by atoms with van der Waals surface area (Å²) in [6, 6.07) is 12.0. The fraction of sp³-hybridized carbons (Fsp3) is 0.0500. The molecule has 152 valence electrons. The van der Waals surface area contributed by atoms with Crippen LogP contribution in [0.3, 0.4) is 0 Å². The van der Waals surface area contributed by atoms with Crippen LogP contribution in [0.4, 0.5) is 0 Å². The first kappa shape index (κ1) is 20.3. The zero-order valence-corrected chi connectivity index (χ0v) is 17.5. The van der Waals surface area contributed by atoms with Gasteiger partial charge in [-0.25, -0.2) is 17.4 Å². The number of hydrogen-bond donors (Lipinski definition) is 1. The van der Waals surface area contributed by atoms with Gasteiger partial charge in [-0.1, -0.05) is 29.8 Å². The molecule has 0 saturated heterocycles. The van der Waals surface area contributed by atoms with Gasteiger partial charge in [0.1, 0.15) is 5.69 Å². The molecule has 0 aliphatic heterocycles. The fourth-order valence-corrected chi connectivity index (χ4v) is 5.55. The molecule has 0 aliphatic carbocycles. The van der Waals surface area contributed by atoms with Crippen molar-refractivity contribution in [3.8, 4) is 0 Å². The summed E-state index contributed by atoms with van der Waals surface area (Å²) in [5.74, 6) is -1.88. The predicted molar refractivity (Wildman–Crippen MR) is 113 cm³/mol. The van der Waals surface area contributed by atoms with E-state index in [4.69, 9.17) is 11.6 Å². The molecule has 0 fully saturated rings. The molecule has 2 aromatic carbocycles. The monoisotopic (exact) mass is 460 g/mol. The van der Waals surface area contributed by atoms with E-state index in [0.29, 0.717) is 0 Å². The fourth-order valence-electron chi connectivity index (χ4n) is 3.24. The van der Waals surface area contributed by atoms with E-state index in [1.54, 1.807) is 23.6 Å². The van der Waals surface area contributed by atoms with Gasteiger partial charge in [0.15, 0.2) is 5.01 Å². The molecule has 4 aromatic rings. The van der Waals surface area contributed by atoms with Crippen molar-refractivity contribution < 1.29 is 23.1 Å². The first-order valence-electron chi connectivity index (χ1n) is 8.60. The Morgan fingerprint density at radius 2 is 1.87 bits per heavy atom. The number of benzene rings is 2. The molecule has 0 bridgehead atoms. The average Bonchev–Trinajstić information content (AvgIpc) is 3.35.